The summed E-state index contributed by atoms with van der Waals surface area (Å²) in [6.07, 6.45) is 65.4. The number of esters is 1. The van der Waals surface area contributed by atoms with Crippen LogP contribution in [0.2, 0.25) is 0 Å². The first-order chi connectivity index (χ1) is 27.2. The van der Waals surface area contributed by atoms with Crippen molar-refractivity contribution < 1.29 is 19.4 Å². The summed E-state index contributed by atoms with van der Waals surface area (Å²) >= 11 is 0. The summed E-state index contributed by atoms with van der Waals surface area (Å²) in [7, 11) is 0. The van der Waals surface area contributed by atoms with E-state index in [1.807, 2.05) is 0 Å². The molecule has 0 bridgehead atoms. The Morgan fingerprint density at radius 3 is 1.24 bits per heavy atom. The van der Waals surface area contributed by atoms with Crippen LogP contribution in [-0.4, -0.2) is 37.0 Å². The number of allylic oxidation sites excluding steroid dienone is 12. The molecule has 0 radical (unpaired) electrons. The summed E-state index contributed by atoms with van der Waals surface area (Å²) in [5.74, 6) is -0.207. The largest absolute Gasteiger partial charge is 0.457 e. The van der Waals surface area contributed by atoms with Gasteiger partial charge in [0.15, 0.2) is 0 Å². The van der Waals surface area contributed by atoms with Crippen LogP contribution in [-0.2, 0) is 14.3 Å². The fourth-order valence-corrected chi connectivity index (χ4v) is 6.53. The van der Waals surface area contributed by atoms with Gasteiger partial charge in [-0.05, 0) is 83.5 Å². The van der Waals surface area contributed by atoms with E-state index in [1.54, 1.807) is 0 Å². The quantitative estimate of drug-likeness (QED) is 0.0381. The average Bonchev–Trinajstić information content (AvgIpc) is 3.19. The van der Waals surface area contributed by atoms with E-state index < -0.39 is 6.10 Å². The molecule has 1 N–H and O–H groups in total. The second-order valence-electron chi connectivity index (χ2n) is 15.4. The first-order valence-electron chi connectivity index (χ1n) is 23.5. The maximum absolute atomic E-state index is 12.2. The molecule has 1 unspecified atom stereocenters. The van der Waals surface area contributed by atoms with Gasteiger partial charge in [-0.3, -0.25) is 4.79 Å². The summed E-state index contributed by atoms with van der Waals surface area (Å²) in [5.41, 5.74) is 0. The van der Waals surface area contributed by atoms with Gasteiger partial charge in [0.05, 0.1) is 13.2 Å². The first-order valence-corrected chi connectivity index (χ1v) is 23.5. The highest BCUT2D eigenvalue weighted by molar-refractivity contribution is 5.69. The summed E-state index contributed by atoms with van der Waals surface area (Å²) in [6, 6.07) is 0. The molecule has 0 saturated heterocycles. The van der Waals surface area contributed by atoms with Crippen LogP contribution in [0.1, 0.15) is 219 Å². The van der Waals surface area contributed by atoms with Crippen LogP contribution in [0.25, 0.3) is 0 Å². The van der Waals surface area contributed by atoms with E-state index in [-0.39, 0.29) is 12.6 Å². The van der Waals surface area contributed by atoms with Crippen molar-refractivity contribution in [1.29, 1.82) is 0 Å². The lowest BCUT2D eigenvalue weighted by molar-refractivity contribution is -0.154. The molecule has 55 heavy (non-hydrogen) atoms. The number of ether oxygens (including phenoxy) is 2. The van der Waals surface area contributed by atoms with Gasteiger partial charge in [-0.1, -0.05) is 202 Å². The number of rotatable bonds is 43. The number of hydrogen-bond donors (Lipinski definition) is 1. The Hall–Kier alpha value is -2.17. The average molecular weight is 767 g/mol. The van der Waals surface area contributed by atoms with E-state index in [4.69, 9.17) is 9.47 Å². The van der Waals surface area contributed by atoms with Crippen LogP contribution in [0, 0.1) is 0 Å². The van der Waals surface area contributed by atoms with Crippen LogP contribution in [0.4, 0.5) is 0 Å². The minimum atomic E-state index is -0.542. The Labute approximate surface area is 342 Å². The summed E-state index contributed by atoms with van der Waals surface area (Å²) in [6.45, 7) is 5.21. The van der Waals surface area contributed by atoms with Crippen LogP contribution >= 0.6 is 0 Å². The van der Waals surface area contributed by atoms with Gasteiger partial charge in [0.1, 0.15) is 6.10 Å². The molecule has 0 heterocycles. The monoisotopic (exact) mass is 767 g/mol. The summed E-state index contributed by atoms with van der Waals surface area (Å²) in [5, 5.41) is 9.63. The van der Waals surface area contributed by atoms with Crippen molar-refractivity contribution in [1.82, 2.24) is 0 Å². The molecule has 0 aromatic heterocycles. The summed E-state index contributed by atoms with van der Waals surface area (Å²) < 4.78 is 11.2. The SMILES string of the molecule is CC/C=C\C/C=C\C/C=C\C/C=C\CCCCCCCCCCCCC(=O)OC(CO)COCCCCCCCCCCCC/C=C\C/C=C\CCCCC. The van der Waals surface area contributed by atoms with E-state index in [1.165, 1.54) is 148 Å². The maximum Gasteiger partial charge on any atom is 0.306 e. The predicted molar refractivity (Wildman–Crippen MR) is 242 cm³/mol. The molecule has 0 aliphatic carbocycles. The predicted octanol–water partition coefficient (Wildman–Crippen LogP) is 15.8. The molecular formula is C51H90O4. The molecule has 4 nitrogen and oxygen atoms in total. The fourth-order valence-electron chi connectivity index (χ4n) is 6.53. The van der Waals surface area contributed by atoms with Crippen molar-refractivity contribution in [2.24, 2.45) is 0 Å². The van der Waals surface area contributed by atoms with Crippen molar-refractivity contribution in [2.75, 3.05) is 19.8 Å². The standard InChI is InChI=1S/C51H90O4/c1-3-5-7-9-11-13-15-17-19-21-23-25-26-27-28-30-32-34-36-38-40-42-44-46-51(53)55-50(48-52)49-54-47-45-43-41-39-37-35-33-31-29-24-22-20-18-16-14-12-10-8-6-4-2/h5,7,11-14,17-20,23,25,50,52H,3-4,6,8-10,15-16,21-22,24,26-49H2,1-2H3/b7-5-,13-11-,14-12-,19-17-,20-18-,25-23-. The van der Waals surface area contributed by atoms with Gasteiger partial charge in [0.25, 0.3) is 0 Å². The summed E-state index contributed by atoms with van der Waals surface area (Å²) in [4.78, 5) is 12.2. The first kappa shape index (κ1) is 52.8. The number of aliphatic hydroxyl groups excluding tert-OH is 1. The van der Waals surface area contributed by atoms with Crippen molar-refractivity contribution in [3.05, 3.63) is 72.9 Å². The normalized spacial score (nSPS) is 13.0. The van der Waals surface area contributed by atoms with E-state index in [9.17, 15) is 9.90 Å². The number of hydrogen-bond acceptors (Lipinski definition) is 4. The fraction of sp³-hybridized carbons (Fsp3) is 0.745. The Morgan fingerprint density at radius 1 is 0.455 bits per heavy atom. The third kappa shape index (κ3) is 46.1. The molecule has 0 aliphatic heterocycles. The number of carbonyl (C=O) groups excluding carboxylic acids is 1. The Kier molecular flexibility index (Phi) is 46.1. The zero-order chi connectivity index (χ0) is 39.8. The highest BCUT2D eigenvalue weighted by Gasteiger charge is 2.13. The Morgan fingerprint density at radius 2 is 0.818 bits per heavy atom. The number of unbranched alkanes of at least 4 members (excludes halogenated alkanes) is 23. The maximum atomic E-state index is 12.2. The lowest BCUT2D eigenvalue weighted by Gasteiger charge is -2.16. The molecule has 0 amide bonds. The van der Waals surface area contributed by atoms with Gasteiger partial charge >= 0.3 is 5.97 Å². The number of carbonyl (C=O) groups is 1. The third-order valence-corrected chi connectivity index (χ3v) is 10.0. The molecule has 4 heteroatoms. The second-order valence-corrected chi connectivity index (χ2v) is 15.4. The molecule has 0 saturated carbocycles. The molecule has 0 rings (SSSR count). The molecular weight excluding hydrogens is 677 g/mol. The van der Waals surface area contributed by atoms with Gasteiger partial charge in [0.2, 0.25) is 0 Å². The van der Waals surface area contributed by atoms with Crippen LogP contribution < -0.4 is 0 Å². The molecule has 318 valence electrons. The van der Waals surface area contributed by atoms with Crippen LogP contribution in [0.5, 0.6) is 0 Å². The van der Waals surface area contributed by atoms with Gasteiger partial charge in [-0.2, -0.15) is 0 Å². The highest BCUT2D eigenvalue weighted by atomic mass is 16.6. The van der Waals surface area contributed by atoms with Gasteiger partial charge in [-0.15, -0.1) is 0 Å². The van der Waals surface area contributed by atoms with Crippen molar-refractivity contribution in [2.45, 2.75) is 225 Å². The van der Waals surface area contributed by atoms with Crippen LogP contribution in [0.15, 0.2) is 72.9 Å². The van der Waals surface area contributed by atoms with Crippen molar-refractivity contribution in [3.8, 4) is 0 Å². The molecule has 1 atom stereocenters. The second kappa shape index (κ2) is 48.0. The molecule has 0 aliphatic rings. The van der Waals surface area contributed by atoms with Crippen LogP contribution in [0.3, 0.4) is 0 Å². The minimum Gasteiger partial charge on any atom is -0.457 e. The lowest BCUT2D eigenvalue weighted by Crippen LogP contribution is -2.27. The van der Waals surface area contributed by atoms with Crippen molar-refractivity contribution in [3.63, 3.8) is 0 Å². The van der Waals surface area contributed by atoms with Gasteiger partial charge < -0.3 is 14.6 Å². The van der Waals surface area contributed by atoms with Crippen molar-refractivity contribution >= 4 is 5.97 Å². The van der Waals surface area contributed by atoms with E-state index in [2.05, 4.69) is 86.8 Å². The Balaban J connectivity index is 3.45. The lowest BCUT2D eigenvalue weighted by atomic mass is 10.0. The zero-order valence-electron chi connectivity index (χ0n) is 36.4. The van der Waals surface area contributed by atoms with E-state index in [0.29, 0.717) is 19.6 Å². The minimum absolute atomic E-state index is 0.177. The highest BCUT2D eigenvalue weighted by Crippen LogP contribution is 2.14. The van der Waals surface area contributed by atoms with Gasteiger partial charge in [0, 0.05) is 13.0 Å². The topological polar surface area (TPSA) is 55.8 Å². The third-order valence-electron chi connectivity index (χ3n) is 10.0. The van der Waals surface area contributed by atoms with E-state index in [0.717, 1.165) is 51.4 Å². The molecule has 0 spiro atoms. The Bertz CT molecular complexity index is 942. The molecule has 0 aromatic rings. The molecule has 0 fully saturated rings. The van der Waals surface area contributed by atoms with E-state index >= 15 is 0 Å². The number of aliphatic hydroxyl groups is 1. The smallest absolute Gasteiger partial charge is 0.306 e. The van der Waals surface area contributed by atoms with Gasteiger partial charge in [-0.25, -0.2) is 0 Å². The molecule has 0 aromatic carbocycles. The zero-order valence-corrected chi connectivity index (χ0v) is 36.4.